The van der Waals surface area contributed by atoms with Gasteiger partial charge in [0.1, 0.15) is 12.2 Å². The molecule has 0 unspecified atom stereocenters. The highest BCUT2D eigenvalue weighted by atomic mass is 16.4. The summed E-state index contributed by atoms with van der Waals surface area (Å²) in [5, 5.41) is 22.5. The van der Waals surface area contributed by atoms with Crippen molar-refractivity contribution in [3.05, 3.63) is 36.5 Å². The van der Waals surface area contributed by atoms with Gasteiger partial charge in [0, 0.05) is 31.7 Å². The monoisotopic (exact) mass is 311 g/mol. The fourth-order valence-corrected chi connectivity index (χ4v) is 2.74. The Hall–Kier alpha value is -3.01. The van der Waals surface area contributed by atoms with Crippen molar-refractivity contribution in [3.63, 3.8) is 0 Å². The largest absolute Gasteiger partial charge is 0.465 e. The molecule has 0 radical (unpaired) electrons. The van der Waals surface area contributed by atoms with E-state index in [0.717, 1.165) is 16.9 Å². The number of hydrogen-bond acceptors (Lipinski definition) is 4. The summed E-state index contributed by atoms with van der Waals surface area (Å²) in [5.41, 5.74) is 2.75. The normalized spacial score (nSPS) is 14.6. The summed E-state index contributed by atoms with van der Waals surface area (Å²) in [7, 11) is 0. The first-order valence-corrected chi connectivity index (χ1v) is 7.41. The van der Waals surface area contributed by atoms with Crippen LogP contribution in [0.1, 0.15) is 0 Å². The number of nitrogens with zero attached hydrogens (tertiary/aromatic N) is 5. The van der Waals surface area contributed by atoms with E-state index in [2.05, 4.69) is 16.1 Å². The molecule has 1 fully saturated rings. The highest BCUT2D eigenvalue weighted by molar-refractivity contribution is 5.75. The predicted octanol–water partition coefficient (Wildman–Crippen LogP) is 1.87. The van der Waals surface area contributed by atoms with Crippen molar-refractivity contribution in [2.45, 2.75) is 6.54 Å². The molecule has 0 atom stereocenters. The second kappa shape index (κ2) is 6.40. The molecular weight excluding hydrogens is 294 g/mol. The van der Waals surface area contributed by atoms with Gasteiger partial charge in [0.25, 0.3) is 0 Å². The van der Waals surface area contributed by atoms with Gasteiger partial charge in [0.05, 0.1) is 18.0 Å². The molecule has 1 N–H and O–H groups in total. The van der Waals surface area contributed by atoms with Crippen molar-refractivity contribution in [3.8, 4) is 17.3 Å². The number of carbonyl (C=O) groups is 1. The van der Waals surface area contributed by atoms with Gasteiger partial charge in [-0.3, -0.25) is 4.68 Å². The summed E-state index contributed by atoms with van der Waals surface area (Å²) in [5.74, 6) is 0. The average Bonchev–Trinajstić information content (AvgIpc) is 3.00. The molecule has 23 heavy (non-hydrogen) atoms. The summed E-state index contributed by atoms with van der Waals surface area (Å²) < 4.78 is 1.63. The van der Waals surface area contributed by atoms with Gasteiger partial charge in [-0.05, 0) is 0 Å². The van der Waals surface area contributed by atoms with E-state index in [1.165, 1.54) is 4.90 Å². The Morgan fingerprint density at radius 1 is 1.22 bits per heavy atom. The molecule has 0 spiro atoms. The number of nitriles is 1. The minimum absolute atomic E-state index is 0.189. The molecule has 118 valence electrons. The van der Waals surface area contributed by atoms with Gasteiger partial charge in [-0.25, -0.2) is 4.79 Å². The van der Waals surface area contributed by atoms with Crippen LogP contribution < -0.4 is 4.90 Å². The number of aromatic nitrogens is 2. The fourth-order valence-electron chi connectivity index (χ4n) is 2.74. The molecule has 7 nitrogen and oxygen atoms in total. The van der Waals surface area contributed by atoms with Crippen LogP contribution in [0.4, 0.5) is 10.5 Å². The van der Waals surface area contributed by atoms with Crippen LogP contribution in [-0.2, 0) is 6.54 Å². The third-order valence-electron chi connectivity index (χ3n) is 3.91. The van der Waals surface area contributed by atoms with E-state index < -0.39 is 6.09 Å². The summed E-state index contributed by atoms with van der Waals surface area (Å²) in [4.78, 5) is 14.6. The SMILES string of the molecule is N#CCn1cc(N2CCN(C(=O)O)CC2)c(-c2ccccc2)n1. The molecule has 1 aromatic heterocycles. The molecule has 1 saturated heterocycles. The van der Waals surface area contributed by atoms with E-state index in [1.807, 2.05) is 36.5 Å². The van der Waals surface area contributed by atoms with Crippen LogP contribution in [0.25, 0.3) is 11.3 Å². The highest BCUT2D eigenvalue weighted by Gasteiger charge is 2.24. The van der Waals surface area contributed by atoms with Crippen molar-refractivity contribution < 1.29 is 9.90 Å². The highest BCUT2D eigenvalue weighted by Crippen LogP contribution is 2.30. The Kier molecular flexibility index (Phi) is 4.15. The van der Waals surface area contributed by atoms with Crippen molar-refractivity contribution in [2.24, 2.45) is 0 Å². The lowest BCUT2D eigenvalue weighted by Crippen LogP contribution is -2.48. The quantitative estimate of drug-likeness (QED) is 0.935. The molecule has 2 aromatic rings. The van der Waals surface area contributed by atoms with Crippen LogP contribution >= 0.6 is 0 Å². The van der Waals surface area contributed by atoms with Crippen molar-refractivity contribution in [2.75, 3.05) is 31.1 Å². The van der Waals surface area contributed by atoms with E-state index in [1.54, 1.807) is 4.68 Å². The van der Waals surface area contributed by atoms with Gasteiger partial charge >= 0.3 is 6.09 Å². The molecule has 1 aliphatic rings. The summed E-state index contributed by atoms with van der Waals surface area (Å²) >= 11 is 0. The third-order valence-corrected chi connectivity index (χ3v) is 3.91. The lowest BCUT2D eigenvalue weighted by molar-refractivity contribution is 0.142. The first kappa shape index (κ1) is 14.9. The number of benzene rings is 1. The molecule has 2 heterocycles. The number of rotatable bonds is 3. The summed E-state index contributed by atoms with van der Waals surface area (Å²) in [6, 6.07) is 11.9. The molecule has 1 aromatic carbocycles. The lowest BCUT2D eigenvalue weighted by Gasteiger charge is -2.34. The average molecular weight is 311 g/mol. The zero-order valence-electron chi connectivity index (χ0n) is 12.6. The number of piperazine rings is 1. The molecule has 0 saturated carbocycles. The molecule has 7 heteroatoms. The number of carboxylic acid groups (broad SMARTS) is 1. The van der Waals surface area contributed by atoms with Gasteiger partial charge in [0.15, 0.2) is 0 Å². The first-order valence-electron chi connectivity index (χ1n) is 7.41. The van der Waals surface area contributed by atoms with Crippen molar-refractivity contribution >= 4 is 11.8 Å². The minimum atomic E-state index is -0.881. The first-order chi connectivity index (χ1) is 11.2. The number of anilines is 1. The van der Waals surface area contributed by atoms with Crippen LogP contribution in [0.5, 0.6) is 0 Å². The van der Waals surface area contributed by atoms with Crippen LogP contribution in [0.2, 0.25) is 0 Å². The van der Waals surface area contributed by atoms with Crippen molar-refractivity contribution in [1.82, 2.24) is 14.7 Å². The molecule has 1 amide bonds. The lowest BCUT2D eigenvalue weighted by atomic mass is 10.1. The van der Waals surface area contributed by atoms with Gasteiger partial charge in [-0.15, -0.1) is 0 Å². The molecule has 3 rings (SSSR count). The number of amides is 1. The van der Waals surface area contributed by atoms with E-state index in [9.17, 15) is 4.79 Å². The Morgan fingerprint density at radius 3 is 2.52 bits per heavy atom. The van der Waals surface area contributed by atoms with Gasteiger partial charge < -0.3 is 14.9 Å². The number of hydrogen-bond donors (Lipinski definition) is 1. The second-order valence-electron chi connectivity index (χ2n) is 5.34. The maximum Gasteiger partial charge on any atom is 0.407 e. The summed E-state index contributed by atoms with van der Waals surface area (Å²) in [6.07, 6.45) is 0.982. The Labute approximate surface area is 134 Å². The van der Waals surface area contributed by atoms with Gasteiger partial charge in [0.2, 0.25) is 0 Å². The Morgan fingerprint density at radius 2 is 1.91 bits per heavy atom. The maximum atomic E-state index is 11.0. The molecule has 1 aliphatic heterocycles. The predicted molar refractivity (Wildman–Crippen MR) is 85.1 cm³/mol. The maximum absolute atomic E-state index is 11.0. The fraction of sp³-hybridized carbons (Fsp3) is 0.312. The van der Waals surface area contributed by atoms with Crippen LogP contribution in [0.3, 0.4) is 0 Å². The third kappa shape index (κ3) is 3.11. The van der Waals surface area contributed by atoms with E-state index in [4.69, 9.17) is 10.4 Å². The topological polar surface area (TPSA) is 85.4 Å². The Balaban J connectivity index is 1.89. The zero-order valence-corrected chi connectivity index (χ0v) is 12.6. The standard InChI is InChI=1S/C16H17N5O2/c17-6-7-21-12-14(15(18-21)13-4-2-1-3-5-13)19-8-10-20(11-9-19)16(22)23/h1-5,12H,7-11H2,(H,22,23). The summed E-state index contributed by atoms with van der Waals surface area (Å²) in [6.45, 7) is 2.35. The smallest absolute Gasteiger partial charge is 0.407 e. The van der Waals surface area contributed by atoms with Gasteiger partial charge in [-0.1, -0.05) is 30.3 Å². The van der Waals surface area contributed by atoms with E-state index in [0.29, 0.717) is 26.2 Å². The van der Waals surface area contributed by atoms with Crippen molar-refractivity contribution in [1.29, 1.82) is 5.26 Å². The van der Waals surface area contributed by atoms with Crippen LogP contribution in [0, 0.1) is 11.3 Å². The van der Waals surface area contributed by atoms with E-state index >= 15 is 0 Å². The Bertz CT molecular complexity index is 727. The van der Waals surface area contributed by atoms with Crippen LogP contribution in [-0.4, -0.2) is 52.1 Å². The molecule has 0 aliphatic carbocycles. The van der Waals surface area contributed by atoms with Gasteiger partial charge in [-0.2, -0.15) is 10.4 Å². The minimum Gasteiger partial charge on any atom is -0.465 e. The second-order valence-corrected chi connectivity index (χ2v) is 5.34. The van der Waals surface area contributed by atoms with E-state index in [-0.39, 0.29) is 6.54 Å². The molecule has 0 bridgehead atoms. The zero-order chi connectivity index (χ0) is 16.2. The van der Waals surface area contributed by atoms with Crippen LogP contribution in [0.15, 0.2) is 36.5 Å². The molecular formula is C16H17N5O2.